The van der Waals surface area contributed by atoms with E-state index < -0.39 is 5.63 Å². The molecule has 0 fully saturated rings. The zero-order valence-electron chi connectivity index (χ0n) is 16.4. The van der Waals surface area contributed by atoms with Gasteiger partial charge in [0.2, 0.25) is 0 Å². The van der Waals surface area contributed by atoms with Crippen molar-refractivity contribution in [2.45, 2.75) is 6.92 Å². The van der Waals surface area contributed by atoms with Crippen molar-refractivity contribution in [2.75, 3.05) is 11.9 Å². The standard InChI is InChI=1S/C24H17Cl2NO4/c1-2-30-22-10-7-15(12-20(22)26)23(28)27-16-8-9-17(19(25)13-16)18-11-14-5-3-4-6-21(14)31-24(18)29/h3-13H,2H2,1H3,(H,27,28). The molecule has 3 aromatic carbocycles. The van der Waals surface area contributed by atoms with Gasteiger partial charge in [0, 0.05) is 22.2 Å². The molecule has 1 heterocycles. The van der Waals surface area contributed by atoms with Crippen LogP contribution >= 0.6 is 23.2 Å². The first kappa shape index (κ1) is 21.0. The number of hydrogen-bond acceptors (Lipinski definition) is 4. The van der Waals surface area contributed by atoms with Gasteiger partial charge in [-0.2, -0.15) is 0 Å². The molecule has 7 heteroatoms. The molecule has 0 aliphatic heterocycles. The van der Waals surface area contributed by atoms with Gasteiger partial charge in [-0.25, -0.2) is 4.79 Å². The van der Waals surface area contributed by atoms with Crippen molar-refractivity contribution in [3.63, 3.8) is 0 Å². The summed E-state index contributed by atoms with van der Waals surface area (Å²) in [6.45, 7) is 2.33. The number of amides is 1. The van der Waals surface area contributed by atoms with Crippen LogP contribution in [0.15, 0.2) is 75.9 Å². The van der Waals surface area contributed by atoms with Crippen LogP contribution in [0.4, 0.5) is 5.69 Å². The van der Waals surface area contributed by atoms with Crippen LogP contribution < -0.4 is 15.7 Å². The molecule has 0 radical (unpaired) electrons. The first-order chi connectivity index (χ1) is 15.0. The van der Waals surface area contributed by atoms with Gasteiger partial charge in [0.1, 0.15) is 11.3 Å². The molecular formula is C24H17Cl2NO4. The molecule has 1 aromatic heterocycles. The van der Waals surface area contributed by atoms with E-state index in [1.54, 1.807) is 48.5 Å². The van der Waals surface area contributed by atoms with Crippen molar-refractivity contribution in [1.82, 2.24) is 0 Å². The molecule has 31 heavy (non-hydrogen) atoms. The number of carbonyl (C=O) groups excluding carboxylic acids is 1. The van der Waals surface area contributed by atoms with E-state index >= 15 is 0 Å². The lowest BCUT2D eigenvalue weighted by atomic mass is 10.1. The second kappa shape index (κ2) is 8.84. The molecule has 5 nitrogen and oxygen atoms in total. The van der Waals surface area contributed by atoms with E-state index in [9.17, 15) is 9.59 Å². The number of para-hydroxylation sites is 1. The number of fused-ring (bicyclic) bond motifs is 1. The molecule has 4 rings (SSSR count). The van der Waals surface area contributed by atoms with Crippen molar-refractivity contribution in [3.8, 4) is 16.9 Å². The summed E-state index contributed by atoms with van der Waals surface area (Å²) >= 11 is 12.6. The summed E-state index contributed by atoms with van der Waals surface area (Å²) in [5, 5.41) is 4.23. The highest BCUT2D eigenvalue weighted by Gasteiger charge is 2.14. The van der Waals surface area contributed by atoms with E-state index in [0.29, 0.717) is 50.4 Å². The van der Waals surface area contributed by atoms with Crippen LogP contribution in [-0.4, -0.2) is 12.5 Å². The van der Waals surface area contributed by atoms with E-state index in [-0.39, 0.29) is 5.91 Å². The zero-order valence-corrected chi connectivity index (χ0v) is 18.0. The van der Waals surface area contributed by atoms with Crippen LogP contribution in [0.1, 0.15) is 17.3 Å². The molecule has 0 aliphatic rings. The number of nitrogens with one attached hydrogen (secondary N) is 1. The Balaban J connectivity index is 1.59. The van der Waals surface area contributed by atoms with E-state index in [1.807, 2.05) is 19.1 Å². The predicted molar refractivity (Wildman–Crippen MR) is 124 cm³/mol. The van der Waals surface area contributed by atoms with Gasteiger partial charge in [0.25, 0.3) is 5.91 Å². The maximum atomic E-state index is 12.6. The highest BCUT2D eigenvalue weighted by atomic mass is 35.5. The lowest BCUT2D eigenvalue weighted by molar-refractivity contribution is 0.102. The fourth-order valence-electron chi connectivity index (χ4n) is 3.18. The molecule has 0 saturated heterocycles. The Morgan fingerprint density at radius 1 is 0.968 bits per heavy atom. The Morgan fingerprint density at radius 2 is 1.77 bits per heavy atom. The summed E-state index contributed by atoms with van der Waals surface area (Å²) in [4.78, 5) is 25.0. The van der Waals surface area contributed by atoms with Gasteiger partial charge in [0.15, 0.2) is 0 Å². The fraction of sp³-hybridized carbons (Fsp3) is 0.0833. The maximum absolute atomic E-state index is 12.6. The van der Waals surface area contributed by atoms with Gasteiger partial charge in [-0.05, 0) is 49.4 Å². The van der Waals surface area contributed by atoms with Crippen molar-refractivity contribution in [1.29, 1.82) is 0 Å². The van der Waals surface area contributed by atoms with Crippen LogP contribution in [0, 0.1) is 0 Å². The summed E-state index contributed by atoms with van der Waals surface area (Å²) < 4.78 is 10.8. The van der Waals surface area contributed by atoms with Crippen molar-refractivity contribution in [2.24, 2.45) is 0 Å². The third-order valence-corrected chi connectivity index (χ3v) is 5.26. The molecule has 0 saturated carbocycles. The Labute approximate surface area is 188 Å². The summed E-state index contributed by atoms with van der Waals surface area (Å²) in [6.07, 6.45) is 0. The van der Waals surface area contributed by atoms with Gasteiger partial charge in [-0.3, -0.25) is 4.79 Å². The third-order valence-electron chi connectivity index (χ3n) is 4.65. The third kappa shape index (κ3) is 4.43. The number of benzene rings is 3. The van der Waals surface area contributed by atoms with Crippen LogP contribution in [-0.2, 0) is 0 Å². The Morgan fingerprint density at radius 3 is 2.52 bits per heavy atom. The second-order valence-corrected chi connectivity index (χ2v) is 7.53. The van der Waals surface area contributed by atoms with Crippen LogP contribution in [0.5, 0.6) is 5.75 Å². The molecule has 1 amide bonds. The smallest absolute Gasteiger partial charge is 0.344 e. The summed E-state index contributed by atoms with van der Waals surface area (Å²) in [7, 11) is 0. The number of carbonyl (C=O) groups is 1. The number of ether oxygens (including phenoxy) is 1. The van der Waals surface area contributed by atoms with Gasteiger partial charge in [-0.15, -0.1) is 0 Å². The van der Waals surface area contributed by atoms with E-state index in [2.05, 4.69) is 5.32 Å². The quantitative estimate of drug-likeness (QED) is 0.354. The van der Waals surface area contributed by atoms with Gasteiger partial charge >= 0.3 is 5.63 Å². The van der Waals surface area contributed by atoms with Gasteiger partial charge in [-0.1, -0.05) is 47.5 Å². The van der Waals surface area contributed by atoms with E-state index in [4.69, 9.17) is 32.4 Å². The Hall–Kier alpha value is -3.28. The molecule has 156 valence electrons. The first-order valence-corrected chi connectivity index (χ1v) is 10.3. The second-order valence-electron chi connectivity index (χ2n) is 6.71. The summed E-state index contributed by atoms with van der Waals surface area (Å²) in [5.74, 6) is 0.168. The van der Waals surface area contributed by atoms with Crippen LogP contribution in [0.2, 0.25) is 10.0 Å². The number of halogens is 2. The minimum Gasteiger partial charge on any atom is -0.492 e. The number of anilines is 1. The topological polar surface area (TPSA) is 68.5 Å². The molecule has 0 aliphatic carbocycles. The number of hydrogen-bond donors (Lipinski definition) is 1. The predicted octanol–water partition coefficient (Wildman–Crippen LogP) is 6.42. The van der Waals surface area contributed by atoms with Gasteiger partial charge < -0.3 is 14.5 Å². The minimum atomic E-state index is -0.485. The lowest BCUT2D eigenvalue weighted by Crippen LogP contribution is -2.12. The van der Waals surface area contributed by atoms with E-state index in [0.717, 1.165) is 5.39 Å². The average molecular weight is 454 g/mol. The normalized spacial score (nSPS) is 10.8. The molecule has 0 unspecified atom stereocenters. The number of rotatable bonds is 5. The van der Waals surface area contributed by atoms with Gasteiger partial charge in [0.05, 0.1) is 22.2 Å². The van der Waals surface area contributed by atoms with Crippen LogP contribution in [0.25, 0.3) is 22.1 Å². The van der Waals surface area contributed by atoms with Crippen LogP contribution in [0.3, 0.4) is 0 Å². The maximum Gasteiger partial charge on any atom is 0.344 e. The zero-order chi connectivity index (χ0) is 22.0. The SMILES string of the molecule is CCOc1ccc(C(=O)Nc2ccc(-c3cc4ccccc4oc3=O)c(Cl)c2)cc1Cl. The summed E-state index contributed by atoms with van der Waals surface area (Å²) in [6, 6.07) is 18.7. The largest absolute Gasteiger partial charge is 0.492 e. The molecule has 0 bridgehead atoms. The van der Waals surface area contributed by atoms with E-state index in [1.165, 1.54) is 6.07 Å². The van der Waals surface area contributed by atoms with Crippen molar-refractivity contribution in [3.05, 3.63) is 92.8 Å². The fourth-order valence-corrected chi connectivity index (χ4v) is 3.70. The van der Waals surface area contributed by atoms with Crippen molar-refractivity contribution >= 4 is 45.8 Å². The first-order valence-electron chi connectivity index (χ1n) is 9.53. The molecule has 1 N–H and O–H groups in total. The van der Waals surface area contributed by atoms with Crippen molar-refractivity contribution < 1.29 is 13.9 Å². The highest BCUT2D eigenvalue weighted by molar-refractivity contribution is 6.34. The lowest BCUT2D eigenvalue weighted by Gasteiger charge is -2.10. The average Bonchev–Trinajstić information content (AvgIpc) is 2.75. The molecular weight excluding hydrogens is 437 g/mol. The Bertz CT molecular complexity index is 1350. The highest BCUT2D eigenvalue weighted by Crippen LogP contribution is 2.31. The molecule has 4 aromatic rings. The monoisotopic (exact) mass is 453 g/mol. The summed E-state index contributed by atoms with van der Waals surface area (Å²) in [5.41, 5.74) is 1.74. The minimum absolute atomic E-state index is 0.310. The molecule has 0 spiro atoms. The Kier molecular flexibility index (Phi) is 5.98. The molecule has 0 atom stereocenters.